The highest BCUT2D eigenvalue weighted by molar-refractivity contribution is 7.08. The SMILES string of the molecule is Cc1ccc(N(C(=O)c2snnc2C)C(C(=O)NC2CCCCC2)c2ccc(O)cc2)cc1F. The third-order valence-electron chi connectivity index (χ3n) is 6.17. The van der Waals surface area contributed by atoms with Gasteiger partial charge < -0.3 is 10.4 Å². The number of hydrogen-bond donors (Lipinski definition) is 2. The van der Waals surface area contributed by atoms with E-state index in [2.05, 4.69) is 14.9 Å². The van der Waals surface area contributed by atoms with Crippen molar-refractivity contribution in [1.82, 2.24) is 14.9 Å². The van der Waals surface area contributed by atoms with Crippen molar-refractivity contribution in [3.05, 3.63) is 70.0 Å². The van der Waals surface area contributed by atoms with Crippen LogP contribution in [0.25, 0.3) is 0 Å². The number of aryl methyl sites for hydroxylation is 2. The summed E-state index contributed by atoms with van der Waals surface area (Å²) in [5, 5.41) is 16.9. The van der Waals surface area contributed by atoms with Crippen molar-refractivity contribution < 1.29 is 19.1 Å². The molecular weight excluding hydrogens is 455 g/mol. The minimum absolute atomic E-state index is 0.0133. The number of benzene rings is 2. The zero-order valence-electron chi connectivity index (χ0n) is 19.1. The van der Waals surface area contributed by atoms with E-state index in [-0.39, 0.29) is 28.3 Å². The number of aromatic nitrogens is 2. The van der Waals surface area contributed by atoms with Gasteiger partial charge in [0.15, 0.2) is 0 Å². The highest BCUT2D eigenvalue weighted by Crippen LogP contribution is 2.33. The molecule has 9 heteroatoms. The number of carbonyl (C=O) groups is 2. The lowest BCUT2D eigenvalue weighted by molar-refractivity contribution is -0.123. The molecule has 3 aromatic rings. The van der Waals surface area contributed by atoms with E-state index in [1.807, 2.05) is 0 Å². The van der Waals surface area contributed by atoms with Crippen LogP contribution in [0, 0.1) is 19.7 Å². The van der Waals surface area contributed by atoms with Crippen LogP contribution in [-0.4, -0.2) is 32.5 Å². The third kappa shape index (κ3) is 5.09. The van der Waals surface area contributed by atoms with Crippen LogP contribution in [0.3, 0.4) is 0 Å². The van der Waals surface area contributed by atoms with Gasteiger partial charge in [-0.25, -0.2) is 4.39 Å². The van der Waals surface area contributed by atoms with Gasteiger partial charge in [-0.2, -0.15) is 0 Å². The van der Waals surface area contributed by atoms with Gasteiger partial charge in [0.1, 0.15) is 22.5 Å². The number of hydrogen-bond acceptors (Lipinski definition) is 6. The number of nitrogens with one attached hydrogen (secondary N) is 1. The van der Waals surface area contributed by atoms with E-state index < -0.39 is 17.8 Å². The van der Waals surface area contributed by atoms with Crippen LogP contribution >= 0.6 is 11.5 Å². The molecule has 1 saturated carbocycles. The lowest BCUT2D eigenvalue weighted by atomic mass is 9.94. The summed E-state index contributed by atoms with van der Waals surface area (Å²) in [5.41, 5.74) is 1.61. The number of halogens is 1. The molecule has 1 aromatic heterocycles. The van der Waals surface area contributed by atoms with Crippen LogP contribution in [-0.2, 0) is 4.79 Å². The van der Waals surface area contributed by atoms with E-state index in [0.29, 0.717) is 16.8 Å². The van der Waals surface area contributed by atoms with Gasteiger partial charge in [0.25, 0.3) is 5.91 Å². The molecule has 34 heavy (non-hydrogen) atoms. The second kappa shape index (κ2) is 10.3. The molecule has 7 nitrogen and oxygen atoms in total. The van der Waals surface area contributed by atoms with Crippen molar-refractivity contribution in [3.8, 4) is 5.75 Å². The van der Waals surface area contributed by atoms with Gasteiger partial charge in [-0.15, -0.1) is 5.10 Å². The fraction of sp³-hybridized carbons (Fsp3) is 0.360. The van der Waals surface area contributed by atoms with Crippen molar-refractivity contribution in [2.24, 2.45) is 0 Å². The van der Waals surface area contributed by atoms with E-state index in [1.54, 1.807) is 38.1 Å². The fourth-order valence-corrected chi connectivity index (χ4v) is 4.85. The third-order valence-corrected chi connectivity index (χ3v) is 6.98. The monoisotopic (exact) mass is 482 g/mol. The molecule has 1 fully saturated rings. The second-order valence-corrected chi connectivity index (χ2v) is 9.39. The van der Waals surface area contributed by atoms with E-state index in [4.69, 9.17) is 0 Å². The minimum atomic E-state index is -1.08. The lowest BCUT2D eigenvalue weighted by Gasteiger charge is -2.33. The summed E-state index contributed by atoms with van der Waals surface area (Å²) in [4.78, 5) is 29.1. The quantitative estimate of drug-likeness (QED) is 0.524. The Morgan fingerprint density at radius 3 is 2.44 bits per heavy atom. The van der Waals surface area contributed by atoms with E-state index in [9.17, 15) is 19.1 Å². The minimum Gasteiger partial charge on any atom is -0.508 e. The number of carbonyl (C=O) groups excluding carboxylic acids is 2. The molecule has 0 aliphatic heterocycles. The lowest BCUT2D eigenvalue weighted by Crippen LogP contribution is -2.47. The van der Waals surface area contributed by atoms with Gasteiger partial charge in [-0.3, -0.25) is 14.5 Å². The first-order valence-corrected chi connectivity index (χ1v) is 12.1. The molecule has 1 aliphatic rings. The number of phenolic OH excluding ortho intramolecular Hbond substituents is 1. The second-order valence-electron chi connectivity index (χ2n) is 8.63. The first kappa shape index (κ1) is 23.8. The van der Waals surface area contributed by atoms with Crippen LogP contribution in [0.1, 0.15) is 64.6 Å². The van der Waals surface area contributed by atoms with Crippen molar-refractivity contribution >= 4 is 29.0 Å². The number of aromatic hydroxyl groups is 1. The highest BCUT2D eigenvalue weighted by atomic mass is 32.1. The van der Waals surface area contributed by atoms with E-state index in [1.165, 1.54) is 23.1 Å². The van der Waals surface area contributed by atoms with Gasteiger partial charge in [0.05, 0.1) is 5.69 Å². The fourth-order valence-electron chi connectivity index (χ4n) is 4.25. The molecule has 1 aliphatic carbocycles. The summed E-state index contributed by atoms with van der Waals surface area (Å²) in [5.74, 6) is -1.29. The summed E-state index contributed by atoms with van der Waals surface area (Å²) in [6, 6.07) is 9.53. The zero-order valence-corrected chi connectivity index (χ0v) is 19.9. The van der Waals surface area contributed by atoms with Gasteiger partial charge >= 0.3 is 0 Å². The van der Waals surface area contributed by atoms with Gasteiger partial charge in [-0.05, 0) is 73.6 Å². The molecule has 0 bridgehead atoms. The molecule has 4 rings (SSSR count). The van der Waals surface area contributed by atoms with Gasteiger partial charge in [0, 0.05) is 11.7 Å². The molecule has 1 unspecified atom stereocenters. The highest BCUT2D eigenvalue weighted by Gasteiger charge is 2.36. The van der Waals surface area contributed by atoms with E-state index in [0.717, 1.165) is 43.6 Å². The summed E-state index contributed by atoms with van der Waals surface area (Å²) >= 11 is 0.933. The standard InChI is InChI=1S/C25H27FN4O3S/c1-15-8-11-19(14-21(15)26)30(25(33)23-16(2)28-29-34-23)22(17-9-12-20(31)13-10-17)24(32)27-18-6-4-3-5-7-18/h8-14,18,22,31H,3-7H2,1-2H3,(H,27,32). The molecule has 1 atom stereocenters. The number of anilines is 1. The Bertz CT molecular complexity index is 1180. The Balaban J connectivity index is 1.82. The van der Waals surface area contributed by atoms with Crippen LogP contribution in [0.5, 0.6) is 5.75 Å². The van der Waals surface area contributed by atoms with Crippen LogP contribution in [0.4, 0.5) is 10.1 Å². The largest absolute Gasteiger partial charge is 0.508 e. The first-order valence-electron chi connectivity index (χ1n) is 11.3. The molecular formula is C25H27FN4O3S. The molecule has 178 valence electrons. The average molecular weight is 483 g/mol. The van der Waals surface area contributed by atoms with Crippen molar-refractivity contribution in [2.45, 2.75) is 58.0 Å². The van der Waals surface area contributed by atoms with Crippen molar-refractivity contribution in [3.63, 3.8) is 0 Å². The predicted octanol–water partition coefficient (Wildman–Crippen LogP) is 4.84. The maximum atomic E-state index is 14.6. The van der Waals surface area contributed by atoms with Crippen molar-refractivity contribution in [1.29, 1.82) is 0 Å². The Kier molecular flexibility index (Phi) is 7.21. The van der Waals surface area contributed by atoms with Crippen LogP contribution in [0.2, 0.25) is 0 Å². The topological polar surface area (TPSA) is 95.4 Å². The molecule has 1 heterocycles. The number of rotatable bonds is 6. The van der Waals surface area contributed by atoms with E-state index >= 15 is 0 Å². The molecule has 2 N–H and O–H groups in total. The maximum Gasteiger partial charge on any atom is 0.272 e. The maximum absolute atomic E-state index is 14.6. The Hall–Kier alpha value is -3.33. The smallest absolute Gasteiger partial charge is 0.272 e. The Labute approximate surface area is 201 Å². The molecule has 0 radical (unpaired) electrons. The first-order chi connectivity index (χ1) is 16.3. The summed E-state index contributed by atoms with van der Waals surface area (Å²) in [6.07, 6.45) is 4.95. The summed E-state index contributed by atoms with van der Waals surface area (Å²) in [6.45, 7) is 3.30. The zero-order chi connectivity index (χ0) is 24.2. The molecule has 2 aromatic carbocycles. The van der Waals surface area contributed by atoms with Crippen LogP contribution in [0.15, 0.2) is 42.5 Å². The summed E-state index contributed by atoms with van der Waals surface area (Å²) in [7, 11) is 0. The Morgan fingerprint density at radius 2 is 1.82 bits per heavy atom. The van der Waals surface area contributed by atoms with Gasteiger partial charge in [-0.1, -0.05) is 41.9 Å². The van der Waals surface area contributed by atoms with Crippen LogP contribution < -0.4 is 10.2 Å². The number of phenols is 1. The number of amides is 2. The predicted molar refractivity (Wildman–Crippen MR) is 128 cm³/mol. The number of nitrogens with zero attached hydrogens (tertiary/aromatic N) is 3. The molecule has 0 saturated heterocycles. The normalized spacial score (nSPS) is 15.0. The summed E-state index contributed by atoms with van der Waals surface area (Å²) < 4.78 is 18.5. The van der Waals surface area contributed by atoms with Crippen molar-refractivity contribution in [2.75, 3.05) is 4.90 Å². The molecule has 2 amide bonds. The molecule has 0 spiro atoms. The van der Waals surface area contributed by atoms with Gasteiger partial charge in [0.2, 0.25) is 5.91 Å². The Morgan fingerprint density at radius 1 is 1.12 bits per heavy atom. The average Bonchev–Trinajstić information content (AvgIpc) is 3.26.